The number of aromatic nitrogens is 2. The molecule has 0 aliphatic carbocycles. The fourth-order valence-corrected chi connectivity index (χ4v) is 1.51. The van der Waals surface area contributed by atoms with Crippen molar-refractivity contribution in [3.05, 3.63) is 29.7 Å². The van der Waals surface area contributed by atoms with Crippen LogP contribution in [0.4, 0.5) is 4.39 Å². The fraction of sp³-hybridized carbons (Fsp3) is 0.273. The lowest BCUT2D eigenvalue weighted by Gasteiger charge is -2.01. The third-order valence-electron chi connectivity index (χ3n) is 2.33. The van der Waals surface area contributed by atoms with Crippen molar-refractivity contribution < 1.29 is 13.9 Å². The lowest BCUT2D eigenvalue weighted by Crippen LogP contribution is -2.27. The van der Waals surface area contributed by atoms with Crippen LogP contribution in [0.3, 0.4) is 0 Å². The minimum atomic E-state index is -0.398. The van der Waals surface area contributed by atoms with E-state index in [1.165, 1.54) is 12.1 Å². The third kappa shape index (κ3) is 2.42. The van der Waals surface area contributed by atoms with Crippen molar-refractivity contribution in [2.24, 2.45) is 0 Å². The van der Waals surface area contributed by atoms with Crippen molar-refractivity contribution in [3.8, 4) is 0 Å². The van der Waals surface area contributed by atoms with Crippen LogP contribution in [0.5, 0.6) is 0 Å². The Labute approximate surface area is 97.0 Å². The van der Waals surface area contributed by atoms with E-state index in [0.29, 0.717) is 24.1 Å². The van der Waals surface area contributed by atoms with E-state index in [1.54, 1.807) is 13.2 Å². The van der Waals surface area contributed by atoms with Gasteiger partial charge < -0.3 is 10.1 Å². The summed E-state index contributed by atoms with van der Waals surface area (Å²) in [6.07, 6.45) is 0. The number of fused-ring (bicyclic) bond motifs is 1. The zero-order valence-corrected chi connectivity index (χ0v) is 9.29. The summed E-state index contributed by atoms with van der Waals surface area (Å²) in [7, 11) is 1.55. The van der Waals surface area contributed by atoms with Crippen LogP contribution in [-0.4, -0.2) is 36.4 Å². The first-order valence-electron chi connectivity index (χ1n) is 5.13. The van der Waals surface area contributed by atoms with E-state index in [-0.39, 0.29) is 11.6 Å². The molecule has 0 spiro atoms. The van der Waals surface area contributed by atoms with Gasteiger partial charge in [0, 0.05) is 19.0 Å². The van der Waals surface area contributed by atoms with Crippen molar-refractivity contribution in [1.82, 2.24) is 15.5 Å². The Morgan fingerprint density at radius 3 is 3.18 bits per heavy atom. The van der Waals surface area contributed by atoms with Crippen LogP contribution in [0.2, 0.25) is 0 Å². The predicted molar refractivity (Wildman–Crippen MR) is 60.3 cm³/mol. The van der Waals surface area contributed by atoms with Gasteiger partial charge in [0.25, 0.3) is 5.91 Å². The van der Waals surface area contributed by atoms with E-state index < -0.39 is 5.82 Å². The number of nitrogens with one attached hydrogen (secondary N) is 2. The number of H-pyrrole nitrogens is 1. The number of hydrogen-bond donors (Lipinski definition) is 2. The number of carbonyl (C=O) groups is 1. The summed E-state index contributed by atoms with van der Waals surface area (Å²) in [5, 5.41) is 9.65. The van der Waals surface area contributed by atoms with Gasteiger partial charge >= 0.3 is 0 Å². The maximum absolute atomic E-state index is 13.1. The van der Waals surface area contributed by atoms with Gasteiger partial charge in [-0.25, -0.2) is 4.39 Å². The molecule has 0 aliphatic heterocycles. The molecule has 1 aromatic heterocycles. The number of aromatic amines is 1. The highest BCUT2D eigenvalue weighted by molar-refractivity contribution is 6.04. The first kappa shape index (κ1) is 11.5. The predicted octanol–water partition coefficient (Wildman–Crippen LogP) is 1.08. The van der Waals surface area contributed by atoms with Crippen LogP contribution >= 0.6 is 0 Å². The summed E-state index contributed by atoms with van der Waals surface area (Å²) in [5.41, 5.74) is 0.818. The minimum absolute atomic E-state index is 0.190. The van der Waals surface area contributed by atoms with Crippen molar-refractivity contribution in [2.75, 3.05) is 20.3 Å². The quantitative estimate of drug-likeness (QED) is 0.782. The number of nitrogens with zero attached hydrogens (tertiary/aromatic N) is 1. The maximum Gasteiger partial charge on any atom is 0.272 e. The largest absolute Gasteiger partial charge is 0.383 e. The van der Waals surface area contributed by atoms with Crippen LogP contribution < -0.4 is 5.32 Å². The molecule has 0 saturated carbocycles. The summed E-state index contributed by atoms with van der Waals surface area (Å²) in [6.45, 7) is 0.807. The van der Waals surface area contributed by atoms with Gasteiger partial charge in [-0.1, -0.05) is 0 Å². The first-order chi connectivity index (χ1) is 8.22. The molecule has 2 aromatic rings. The van der Waals surface area contributed by atoms with E-state index in [4.69, 9.17) is 4.74 Å². The molecule has 0 atom stereocenters. The number of carbonyl (C=O) groups excluding carboxylic acids is 1. The number of hydrogen-bond acceptors (Lipinski definition) is 3. The van der Waals surface area contributed by atoms with Gasteiger partial charge in [-0.05, 0) is 18.2 Å². The number of rotatable bonds is 4. The summed E-state index contributed by atoms with van der Waals surface area (Å²) >= 11 is 0. The van der Waals surface area contributed by atoms with E-state index in [1.807, 2.05) is 0 Å². The second kappa shape index (κ2) is 4.92. The molecule has 1 heterocycles. The zero-order chi connectivity index (χ0) is 12.3. The van der Waals surface area contributed by atoms with Crippen LogP contribution in [0.25, 0.3) is 10.9 Å². The monoisotopic (exact) mass is 237 g/mol. The molecule has 0 radical (unpaired) electrons. The van der Waals surface area contributed by atoms with Crippen LogP contribution in [-0.2, 0) is 4.74 Å². The first-order valence-corrected chi connectivity index (χ1v) is 5.13. The Morgan fingerprint density at radius 2 is 2.41 bits per heavy atom. The number of methoxy groups -OCH3 is 1. The van der Waals surface area contributed by atoms with Gasteiger partial charge in [0.1, 0.15) is 5.82 Å². The number of amides is 1. The molecule has 1 aromatic carbocycles. The molecule has 0 aliphatic rings. The number of halogens is 1. The Balaban J connectivity index is 2.23. The Bertz CT molecular complexity index is 538. The Morgan fingerprint density at radius 1 is 1.59 bits per heavy atom. The topological polar surface area (TPSA) is 67.0 Å². The molecule has 0 unspecified atom stereocenters. The standard InChI is InChI=1S/C11H12FN3O2/c1-17-5-4-13-11(16)10-8-6-7(12)2-3-9(8)14-15-10/h2-3,6H,4-5H2,1H3,(H,13,16)(H,14,15). The molecule has 0 saturated heterocycles. The van der Waals surface area contributed by atoms with Gasteiger partial charge in [-0.3, -0.25) is 9.89 Å². The highest BCUT2D eigenvalue weighted by Gasteiger charge is 2.13. The molecule has 90 valence electrons. The lowest BCUT2D eigenvalue weighted by atomic mass is 10.2. The Kier molecular flexibility index (Phi) is 3.34. The van der Waals surface area contributed by atoms with E-state index in [2.05, 4.69) is 15.5 Å². The highest BCUT2D eigenvalue weighted by Crippen LogP contribution is 2.16. The molecule has 5 nitrogen and oxygen atoms in total. The zero-order valence-electron chi connectivity index (χ0n) is 9.29. The smallest absolute Gasteiger partial charge is 0.272 e. The summed E-state index contributed by atoms with van der Waals surface area (Å²) < 4.78 is 17.9. The van der Waals surface area contributed by atoms with Crippen LogP contribution in [0.1, 0.15) is 10.5 Å². The van der Waals surface area contributed by atoms with Crippen LogP contribution in [0.15, 0.2) is 18.2 Å². The molecule has 17 heavy (non-hydrogen) atoms. The lowest BCUT2D eigenvalue weighted by molar-refractivity contribution is 0.0933. The molecule has 0 bridgehead atoms. The van der Waals surface area contributed by atoms with E-state index >= 15 is 0 Å². The molecule has 0 fully saturated rings. The summed E-state index contributed by atoms with van der Waals surface area (Å²) in [4.78, 5) is 11.7. The average molecular weight is 237 g/mol. The summed E-state index contributed by atoms with van der Waals surface area (Å²) in [5.74, 6) is -0.747. The van der Waals surface area contributed by atoms with Gasteiger partial charge in [0.2, 0.25) is 0 Å². The van der Waals surface area contributed by atoms with E-state index in [9.17, 15) is 9.18 Å². The Hall–Kier alpha value is -1.95. The fourth-order valence-electron chi connectivity index (χ4n) is 1.51. The molecular weight excluding hydrogens is 225 g/mol. The minimum Gasteiger partial charge on any atom is -0.383 e. The molecule has 2 N–H and O–H groups in total. The number of benzene rings is 1. The van der Waals surface area contributed by atoms with Gasteiger partial charge in [0.15, 0.2) is 5.69 Å². The van der Waals surface area contributed by atoms with Gasteiger partial charge in [0.05, 0.1) is 12.1 Å². The third-order valence-corrected chi connectivity index (χ3v) is 2.33. The van der Waals surface area contributed by atoms with E-state index in [0.717, 1.165) is 0 Å². The maximum atomic E-state index is 13.1. The molecule has 1 amide bonds. The summed E-state index contributed by atoms with van der Waals surface area (Å²) in [6, 6.07) is 4.14. The SMILES string of the molecule is COCCNC(=O)c1n[nH]c2ccc(F)cc12. The van der Waals surface area contributed by atoms with Crippen LogP contribution in [0, 0.1) is 5.82 Å². The van der Waals surface area contributed by atoms with Crippen molar-refractivity contribution in [3.63, 3.8) is 0 Å². The van der Waals surface area contributed by atoms with Crippen molar-refractivity contribution in [1.29, 1.82) is 0 Å². The second-order valence-electron chi connectivity index (χ2n) is 3.51. The molecule has 6 heteroatoms. The normalized spacial score (nSPS) is 10.7. The average Bonchev–Trinajstić information content (AvgIpc) is 2.72. The van der Waals surface area contributed by atoms with Crippen molar-refractivity contribution >= 4 is 16.8 Å². The van der Waals surface area contributed by atoms with Gasteiger partial charge in [-0.15, -0.1) is 0 Å². The number of ether oxygens (including phenoxy) is 1. The molecular formula is C11H12FN3O2. The van der Waals surface area contributed by atoms with Crippen molar-refractivity contribution in [2.45, 2.75) is 0 Å². The highest BCUT2D eigenvalue weighted by atomic mass is 19.1. The second-order valence-corrected chi connectivity index (χ2v) is 3.51. The molecule has 2 rings (SSSR count). The van der Waals surface area contributed by atoms with Gasteiger partial charge in [-0.2, -0.15) is 5.10 Å².